The Morgan fingerprint density at radius 3 is 2.62 bits per heavy atom. The molecule has 1 aromatic heterocycles. The summed E-state index contributed by atoms with van der Waals surface area (Å²) in [4.78, 5) is 11.9. The van der Waals surface area contributed by atoms with Crippen LogP contribution in [0.4, 0.5) is 11.6 Å². The molecule has 2 rings (SSSR count). The van der Waals surface area contributed by atoms with Gasteiger partial charge in [-0.15, -0.1) is 0 Å². The third-order valence-corrected chi connectivity index (χ3v) is 4.50. The molecule has 118 valence electrons. The summed E-state index contributed by atoms with van der Waals surface area (Å²) < 4.78 is 0. The second kappa shape index (κ2) is 6.63. The molecule has 2 heterocycles. The van der Waals surface area contributed by atoms with Crippen LogP contribution in [0.5, 0.6) is 0 Å². The van der Waals surface area contributed by atoms with E-state index in [0.29, 0.717) is 17.9 Å². The standard InChI is InChI=1S/C17H30N4/c1-7-18-15-9-16(20-17(19-15)11(2)3)21-10-12(4)8-13(5)14(21)6/h9,11-14H,7-8,10H2,1-6H3,(H,18,19,20). The lowest BCUT2D eigenvalue weighted by molar-refractivity contribution is 0.295. The zero-order chi connectivity index (χ0) is 15.6. The molecule has 1 saturated heterocycles. The lowest BCUT2D eigenvalue weighted by atomic mass is 9.86. The van der Waals surface area contributed by atoms with Gasteiger partial charge in [0.05, 0.1) is 0 Å². The minimum atomic E-state index is 0.345. The topological polar surface area (TPSA) is 41.0 Å². The highest BCUT2D eigenvalue weighted by Crippen LogP contribution is 2.31. The molecule has 1 aliphatic rings. The summed E-state index contributed by atoms with van der Waals surface area (Å²) >= 11 is 0. The molecule has 0 saturated carbocycles. The molecule has 1 aromatic rings. The van der Waals surface area contributed by atoms with Crippen molar-refractivity contribution in [2.75, 3.05) is 23.3 Å². The number of hydrogen-bond acceptors (Lipinski definition) is 4. The molecule has 1 N–H and O–H groups in total. The first-order valence-electron chi connectivity index (χ1n) is 8.31. The van der Waals surface area contributed by atoms with Crippen LogP contribution in [-0.2, 0) is 0 Å². The van der Waals surface area contributed by atoms with Crippen LogP contribution in [-0.4, -0.2) is 29.1 Å². The summed E-state index contributed by atoms with van der Waals surface area (Å²) in [6.45, 7) is 15.4. The third kappa shape index (κ3) is 3.66. The van der Waals surface area contributed by atoms with Gasteiger partial charge in [0, 0.05) is 31.1 Å². The van der Waals surface area contributed by atoms with Crippen molar-refractivity contribution < 1.29 is 0 Å². The predicted octanol–water partition coefficient (Wildman–Crippen LogP) is 3.90. The maximum absolute atomic E-state index is 4.83. The highest BCUT2D eigenvalue weighted by atomic mass is 15.2. The number of anilines is 2. The minimum absolute atomic E-state index is 0.345. The molecule has 0 spiro atoms. The fourth-order valence-corrected chi connectivity index (χ4v) is 3.15. The van der Waals surface area contributed by atoms with Gasteiger partial charge in [0.15, 0.2) is 0 Å². The number of aromatic nitrogens is 2. The summed E-state index contributed by atoms with van der Waals surface area (Å²) in [5.74, 6) is 4.73. The molecule has 3 unspecified atom stereocenters. The average Bonchev–Trinajstić information content (AvgIpc) is 2.42. The first-order valence-corrected chi connectivity index (χ1v) is 8.31. The van der Waals surface area contributed by atoms with E-state index in [1.165, 1.54) is 6.42 Å². The molecular weight excluding hydrogens is 260 g/mol. The molecule has 0 aromatic carbocycles. The minimum Gasteiger partial charge on any atom is -0.370 e. The normalized spacial score (nSPS) is 26.2. The largest absolute Gasteiger partial charge is 0.370 e. The second-order valence-corrected chi connectivity index (χ2v) is 6.87. The van der Waals surface area contributed by atoms with Crippen LogP contribution < -0.4 is 10.2 Å². The lowest BCUT2D eigenvalue weighted by Gasteiger charge is -2.42. The van der Waals surface area contributed by atoms with E-state index in [1.807, 2.05) is 0 Å². The Bertz CT molecular complexity index is 472. The van der Waals surface area contributed by atoms with Crippen molar-refractivity contribution in [2.45, 2.75) is 59.9 Å². The summed E-state index contributed by atoms with van der Waals surface area (Å²) in [7, 11) is 0. The number of rotatable bonds is 4. The van der Waals surface area contributed by atoms with Gasteiger partial charge >= 0.3 is 0 Å². The number of hydrogen-bond donors (Lipinski definition) is 1. The van der Waals surface area contributed by atoms with Crippen LogP contribution >= 0.6 is 0 Å². The molecule has 3 atom stereocenters. The average molecular weight is 290 g/mol. The molecule has 1 fully saturated rings. The molecule has 1 aliphatic heterocycles. The fourth-order valence-electron chi connectivity index (χ4n) is 3.15. The second-order valence-electron chi connectivity index (χ2n) is 6.87. The Kier molecular flexibility index (Phi) is 5.07. The van der Waals surface area contributed by atoms with E-state index < -0.39 is 0 Å². The van der Waals surface area contributed by atoms with Crippen molar-refractivity contribution in [1.29, 1.82) is 0 Å². The van der Waals surface area contributed by atoms with Gasteiger partial charge in [0.2, 0.25) is 0 Å². The summed E-state index contributed by atoms with van der Waals surface area (Å²) in [5, 5.41) is 3.34. The zero-order valence-electron chi connectivity index (χ0n) is 14.3. The molecule has 4 heteroatoms. The number of nitrogens with one attached hydrogen (secondary N) is 1. The van der Waals surface area contributed by atoms with Gasteiger partial charge < -0.3 is 10.2 Å². The van der Waals surface area contributed by atoms with Crippen LogP contribution in [0.1, 0.15) is 59.7 Å². The predicted molar refractivity (Wildman–Crippen MR) is 90.0 cm³/mol. The van der Waals surface area contributed by atoms with E-state index >= 15 is 0 Å². The van der Waals surface area contributed by atoms with Crippen molar-refractivity contribution in [3.8, 4) is 0 Å². The summed E-state index contributed by atoms with van der Waals surface area (Å²) in [6, 6.07) is 2.64. The van der Waals surface area contributed by atoms with Gasteiger partial charge in [0.1, 0.15) is 17.5 Å². The molecule has 21 heavy (non-hydrogen) atoms. The van der Waals surface area contributed by atoms with Gasteiger partial charge in [-0.05, 0) is 32.1 Å². The van der Waals surface area contributed by atoms with E-state index in [-0.39, 0.29) is 0 Å². The van der Waals surface area contributed by atoms with Gasteiger partial charge in [-0.2, -0.15) is 0 Å². The smallest absolute Gasteiger partial charge is 0.135 e. The number of nitrogens with zero attached hydrogens (tertiary/aromatic N) is 3. The monoisotopic (exact) mass is 290 g/mol. The van der Waals surface area contributed by atoms with Crippen LogP contribution in [0.2, 0.25) is 0 Å². The molecule has 4 nitrogen and oxygen atoms in total. The van der Waals surface area contributed by atoms with Crippen molar-refractivity contribution in [3.05, 3.63) is 11.9 Å². The fraction of sp³-hybridized carbons (Fsp3) is 0.765. The Morgan fingerprint density at radius 2 is 2.00 bits per heavy atom. The number of piperidine rings is 1. The summed E-state index contributed by atoms with van der Waals surface area (Å²) in [6.07, 6.45) is 1.31. The van der Waals surface area contributed by atoms with Crippen LogP contribution in [0.3, 0.4) is 0 Å². The van der Waals surface area contributed by atoms with Crippen LogP contribution in [0.25, 0.3) is 0 Å². The molecule has 0 radical (unpaired) electrons. The van der Waals surface area contributed by atoms with Crippen molar-refractivity contribution in [1.82, 2.24) is 9.97 Å². The zero-order valence-corrected chi connectivity index (χ0v) is 14.3. The molecule has 0 aliphatic carbocycles. The van der Waals surface area contributed by atoms with Gasteiger partial charge in [-0.1, -0.05) is 27.7 Å². The van der Waals surface area contributed by atoms with E-state index in [9.17, 15) is 0 Å². The first kappa shape index (κ1) is 16.1. The van der Waals surface area contributed by atoms with Crippen LogP contribution in [0.15, 0.2) is 6.07 Å². The highest BCUT2D eigenvalue weighted by Gasteiger charge is 2.30. The van der Waals surface area contributed by atoms with Gasteiger partial charge in [-0.25, -0.2) is 9.97 Å². The maximum atomic E-state index is 4.83. The SMILES string of the molecule is CCNc1cc(N2CC(C)CC(C)C2C)nc(C(C)C)n1. The lowest BCUT2D eigenvalue weighted by Crippen LogP contribution is -2.46. The Morgan fingerprint density at radius 1 is 1.29 bits per heavy atom. The van der Waals surface area contributed by atoms with E-state index in [0.717, 1.165) is 36.5 Å². The van der Waals surface area contributed by atoms with Crippen molar-refractivity contribution >= 4 is 11.6 Å². The van der Waals surface area contributed by atoms with Crippen LogP contribution in [0, 0.1) is 11.8 Å². The molecular formula is C17H30N4. The quantitative estimate of drug-likeness (QED) is 0.913. The Labute approximate surface area is 129 Å². The van der Waals surface area contributed by atoms with Crippen molar-refractivity contribution in [3.63, 3.8) is 0 Å². The highest BCUT2D eigenvalue weighted by molar-refractivity contribution is 5.50. The van der Waals surface area contributed by atoms with E-state index in [2.05, 4.69) is 62.8 Å². The summed E-state index contributed by atoms with van der Waals surface area (Å²) in [5.41, 5.74) is 0. The first-order chi connectivity index (χ1) is 9.92. The Balaban J connectivity index is 2.36. The van der Waals surface area contributed by atoms with E-state index in [1.54, 1.807) is 0 Å². The van der Waals surface area contributed by atoms with Crippen molar-refractivity contribution in [2.24, 2.45) is 11.8 Å². The Hall–Kier alpha value is -1.32. The van der Waals surface area contributed by atoms with Gasteiger partial charge in [0.25, 0.3) is 0 Å². The van der Waals surface area contributed by atoms with E-state index in [4.69, 9.17) is 4.98 Å². The van der Waals surface area contributed by atoms with Gasteiger partial charge in [-0.3, -0.25) is 0 Å². The molecule has 0 bridgehead atoms. The molecule has 0 amide bonds. The third-order valence-electron chi connectivity index (χ3n) is 4.50. The maximum Gasteiger partial charge on any atom is 0.135 e.